The molecular formula is C20H22N2O6. The first kappa shape index (κ1) is 20.9. The van der Waals surface area contributed by atoms with Crippen molar-refractivity contribution in [1.29, 1.82) is 0 Å². The van der Waals surface area contributed by atoms with Crippen molar-refractivity contribution < 1.29 is 28.7 Å². The number of carbonyl (C=O) groups excluding carboxylic acids is 3. The minimum atomic E-state index is -1.16. The third-order valence-corrected chi connectivity index (χ3v) is 4.21. The number of benzene rings is 1. The molecule has 0 saturated carbocycles. The second kappa shape index (κ2) is 8.98. The zero-order valence-corrected chi connectivity index (χ0v) is 15.9. The fourth-order valence-corrected chi connectivity index (χ4v) is 2.58. The summed E-state index contributed by atoms with van der Waals surface area (Å²) < 4.78 is 5.61. The van der Waals surface area contributed by atoms with Gasteiger partial charge in [-0.15, -0.1) is 0 Å². The van der Waals surface area contributed by atoms with E-state index in [4.69, 9.17) is 4.42 Å². The monoisotopic (exact) mass is 386 g/mol. The first-order chi connectivity index (χ1) is 13.2. The Hall–Kier alpha value is -3.42. The van der Waals surface area contributed by atoms with Crippen LogP contribution < -0.4 is 5.32 Å². The van der Waals surface area contributed by atoms with E-state index in [1.807, 2.05) is 0 Å². The third kappa shape index (κ3) is 5.06. The van der Waals surface area contributed by atoms with Crippen LogP contribution in [0.3, 0.4) is 0 Å². The van der Waals surface area contributed by atoms with Gasteiger partial charge in [0.05, 0.1) is 0 Å². The van der Waals surface area contributed by atoms with Gasteiger partial charge in [-0.25, -0.2) is 4.79 Å². The van der Waals surface area contributed by atoms with Gasteiger partial charge in [0.25, 0.3) is 5.91 Å². The Morgan fingerprint density at radius 3 is 2.25 bits per heavy atom. The van der Waals surface area contributed by atoms with Crippen LogP contribution in [0.1, 0.15) is 41.7 Å². The van der Waals surface area contributed by atoms with Crippen molar-refractivity contribution in [2.45, 2.75) is 26.8 Å². The van der Waals surface area contributed by atoms with Gasteiger partial charge >= 0.3 is 5.97 Å². The molecule has 1 heterocycles. The van der Waals surface area contributed by atoms with Crippen molar-refractivity contribution in [1.82, 2.24) is 10.2 Å². The van der Waals surface area contributed by atoms with Crippen molar-refractivity contribution in [3.05, 3.63) is 47.7 Å². The number of ketones is 1. The molecule has 1 aromatic heterocycles. The predicted octanol–water partition coefficient (Wildman–Crippen LogP) is 2.20. The first-order valence-electron chi connectivity index (χ1n) is 8.70. The lowest BCUT2D eigenvalue weighted by Gasteiger charge is -2.25. The highest BCUT2D eigenvalue weighted by molar-refractivity contribution is 5.95. The van der Waals surface area contributed by atoms with Gasteiger partial charge in [0, 0.05) is 31.1 Å². The molecule has 0 aliphatic heterocycles. The number of hydrogen-bond acceptors (Lipinski definition) is 5. The molecule has 1 atom stereocenters. The molecule has 0 aliphatic rings. The number of carboxylic acid groups (broad SMARTS) is 1. The minimum Gasteiger partial charge on any atom is -0.480 e. The Balaban J connectivity index is 2.21. The van der Waals surface area contributed by atoms with Crippen LogP contribution in [0.4, 0.5) is 0 Å². The zero-order valence-electron chi connectivity index (χ0n) is 15.9. The van der Waals surface area contributed by atoms with E-state index in [2.05, 4.69) is 5.32 Å². The topological polar surface area (TPSA) is 117 Å². The molecule has 1 aromatic carbocycles. The van der Waals surface area contributed by atoms with Crippen molar-refractivity contribution in [3.8, 4) is 11.3 Å². The van der Waals surface area contributed by atoms with Crippen molar-refractivity contribution in [2.24, 2.45) is 0 Å². The van der Waals surface area contributed by atoms with Crippen LogP contribution in [0.25, 0.3) is 11.3 Å². The summed E-state index contributed by atoms with van der Waals surface area (Å²) in [5, 5.41) is 11.8. The molecule has 2 rings (SSSR count). The highest BCUT2D eigenvalue weighted by atomic mass is 16.4. The summed E-state index contributed by atoms with van der Waals surface area (Å²) >= 11 is 0. The van der Waals surface area contributed by atoms with Gasteiger partial charge in [-0.3, -0.25) is 14.4 Å². The molecule has 0 aliphatic carbocycles. The number of nitrogens with zero attached hydrogens (tertiary/aromatic N) is 1. The Bertz CT molecular complexity index is 884. The average Bonchev–Trinajstić information content (AvgIpc) is 3.14. The van der Waals surface area contributed by atoms with Gasteiger partial charge in [0.1, 0.15) is 11.8 Å². The molecule has 8 heteroatoms. The molecule has 2 aromatic rings. The van der Waals surface area contributed by atoms with Crippen LogP contribution in [0.5, 0.6) is 0 Å². The average molecular weight is 386 g/mol. The number of carboxylic acids is 1. The number of furan rings is 1. The van der Waals surface area contributed by atoms with E-state index in [1.54, 1.807) is 30.3 Å². The third-order valence-electron chi connectivity index (χ3n) is 4.21. The molecule has 0 saturated heterocycles. The van der Waals surface area contributed by atoms with Crippen LogP contribution in [0.2, 0.25) is 0 Å². The van der Waals surface area contributed by atoms with E-state index in [0.717, 1.165) is 4.90 Å². The Kier molecular flexibility index (Phi) is 6.70. The standard InChI is InChI=1S/C20H22N2O6/c1-12(20(26)27)22(11-10-21-14(3)24)19(25)18-9-8-17(28-18)16-6-4-15(5-7-16)13(2)23/h4-9,12H,10-11H2,1-3H3,(H,21,24)(H,26,27). The zero-order chi connectivity index (χ0) is 20.8. The first-order valence-corrected chi connectivity index (χ1v) is 8.70. The van der Waals surface area contributed by atoms with Crippen LogP contribution in [-0.4, -0.2) is 52.7 Å². The van der Waals surface area contributed by atoms with Gasteiger partial charge in [0.15, 0.2) is 11.5 Å². The van der Waals surface area contributed by atoms with Gasteiger partial charge in [-0.2, -0.15) is 0 Å². The Labute approximate surface area is 162 Å². The Morgan fingerprint density at radius 2 is 1.71 bits per heavy atom. The normalized spacial score (nSPS) is 11.5. The lowest BCUT2D eigenvalue weighted by Crippen LogP contribution is -2.46. The summed E-state index contributed by atoms with van der Waals surface area (Å²) in [6.07, 6.45) is 0. The lowest BCUT2D eigenvalue weighted by molar-refractivity contribution is -0.141. The molecule has 0 fully saturated rings. The van der Waals surface area contributed by atoms with Gasteiger partial charge < -0.3 is 19.7 Å². The minimum absolute atomic E-state index is 0.0124. The van der Waals surface area contributed by atoms with Crippen LogP contribution in [0.15, 0.2) is 40.8 Å². The van der Waals surface area contributed by atoms with Crippen LogP contribution >= 0.6 is 0 Å². The summed E-state index contributed by atoms with van der Waals surface area (Å²) in [7, 11) is 0. The quantitative estimate of drug-likeness (QED) is 0.672. The second-order valence-corrected chi connectivity index (χ2v) is 6.29. The van der Waals surface area contributed by atoms with E-state index >= 15 is 0 Å². The molecule has 1 unspecified atom stereocenters. The maximum atomic E-state index is 12.8. The van der Waals surface area contributed by atoms with Crippen molar-refractivity contribution >= 4 is 23.6 Å². The number of rotatable bonds is 8. The van der Waals surface area contributed by atoms with Crippen LogP contribution in [-0.2, 0) is 9.59 Å². The molecule has 2 amide bonds. The largest absolute Gasteiger partial charge is 0.480 e. The molecule has 148 valence electrons. The SMILES string of the molecule is CC(=O)NCCN(C(=O)c1ccc(-c2ccc(C(C)=O)cc2)o1)C(C)C(=O)O. The van der Waals surface area contributed by atoms with E-state index in [1.165, 1.54) is 26.8 Å². The predicted molar refractivity (Wildman–Crippen MR) is 101 cm³/mol. The van der Waals surface area contributed by atoms with E-state index < -0.39 is 17.9 Å². The summed E-state index contributed by atoms with van der Waals surface area (Å²) in [6.45, 7) is 4.34. The van der Waals surface area contributed by atoms with Crippen molar-refractivity contribution in [3.63, 3.8) is 0 Å². The maximum Gasteiger partial charge on any atom is 0.326 e. The highest BCUT2D eigenvalue weighted by Crippen LogP contribution is 2.24. The van der Waals surface area contributed by atoms with E-state index in [-0.39, 0.29) is 30.5 Å². The highest BCUT2D eigenvalue weighted by Gasteiger charge is 2.28. The van der Waals surface area contributed by atoms with E-state index in [0.29, 0.717) is 16.9 Å². The summed E-state index contributed by atoms with van der Waals surface area (Å²) in [6, 6.07) is 8.71. The number of amides is 2. The number of nitrogens with one attached hydrogen (secondary N) is 1. The number of Topliss-reactive ketones (excluding diaryl/α,β-unsaturated/α-hetero) is 1. The van der Waals surface area contributed by atoms with Gasteiger partial charge in [-0.1, -0.05) is 24.3 Å². The molecule has 2 N–H and O–H groups in total. The summed E-state index contributed by atoms with van der Waals surface area (Å²) in [5.41, 5.74) is 1.24. The number of aliphatic carboxylic acids is 1. The summed E-state index contributed by atoms with van der Waals surface area (Å²) in [4.78, 5) is 47.6. The van der Waals surface area contributed by atoms with Crippen molar-refractivity contribution in [2.75, 3.05) is 13.1 Å². The number of hydrogen-bond donors (Lipinski definition) is 2. The number of carbonyl (C=O) groups is 4. The van der Waals surface area contributed by atoms with Crippen LogP contribution in [0, 0.1) is 0 Å². The molecule has 0 bridgehead atoms. The lowest BCUT2D eigenvalue weighted by atomic mass is 10.1. The molecule has 8 nitrogen and oxygen atoms in total. The van der Waals surface area contributed by atoms with Gasteiger partial charge in [0.2, 0.25) is 5.91 Å². The van der Waals surface area contributed by atoms with Gasteiger partial charge in [-0.05, 0) is 26.0 Å². The fraction of sp³-hybridized carbons (Fsp3) is 0.300. The molecule has 0 spiro atoms. The molecule has 28 heavy (non-hydrogen) atoms. The molecular weight excluding hydrogens is 364 g/mol. The molecule has 0 radical (unpaired) electrons. The fourth-order valence-electron chi connectivity index (χ4n) is 2.58. The summed E-state index contributed by atoms with van der Waals surface area (Å²) in [5.74, 6) is -1.68. The maximum absolute atomic E-state index is 12.8. The second-order valence-electron chi connectivity index (χ2n) is 6.29. The van der Waals surface area contributed by atoms with E-state index in [9.17, 15) is 24.3 Å². The smallest absolute Gasteiger partial charge is 0.326 e. The Morgan fingerprint density at radius 1 is 1.07 bits per heavy atom.